The number of halogens is 3. The monoisotopic (exact) mass is 272 g/mol. The topological polar surface area (TPSA) is 81.7 Å². The number of rotatable bonds is 3. The Morgan fingerprint density at radius 1 is 1.37 bits per heavy atom. The first-order valence-corrected chi connectivity index (χ1v) is 5.29. The standard InChI is InChI=1S/C10H11F3N6/c1-19-6(2-3-16-19)5-15-8-4-7(14)17-9(18-8)10(11,12)13/h2-4H,5H2,1H3,(H3,14,15,17,18). The van der Waals surface area contributed by atoms with Gasteiger partial charge in [0.25, 0.3) is 0 Å². The summed E-state index contributed by atoms with van der Waals surface area (Å²) in [6, 6.07) is 2.98. The summed E-state index contributed by atoms with van der Waals surface area (Å²) in [5.74, 6) is -1.49. The lowest BCUT2D eigenvalue weighted by atomic mass is 10.4. The summed E-state index contributed by atoms with van der Waals surface area (Å²) >= 11 is 0. The van der Waals surface area contributed by atoms with Gasteiger partial charge in [-0.25, -0.2) is 9.97 Å². The lowest BCUT2D eigenvalue weighted by Gasteiger charge is -2.10. The summed E-state index contributed by atoms with van der Waals surface area (Å²) in [4.78, 5) is 6.53. The Morgan fingerprint density at radius 2 is 2.11 bits per heavy atom. The highest BCUT2D eigenvalue weighted by Gasteiger charge is 2.35. The molecule has 0 saturated heterocycles. The van der Waals surface area contributed by atoms with Gasteiger partial charge >= 0.3 is 6.18 Å². The molecule has 0 aromatic carbocycles. The van der Waals surface area contributed by atoms with Crippen LogP contribution in [0.1, 0.15) is 11.5 Å². The number of alkyl halides is 3. The first-order valence-electron chi connectivity index (χ1n) is 5.29. The van der Waals surface area contributed by atoms with Crippen LogP contribution in [0.5, 0.6) is 0 Å². The average Bonchev–Trinajstić information content (AvgIpc) is 2.70. The van der Waals surface area contributed by atoms with Crippen molar-refractivity contribution in [1.82, 2.24) is 19.7 Å². The van der Waals surface area contributed by atoms with Crippen molar-refractivity contribution in [2.24, 2.45) is 7.05 Å². The second-order valence-electron chi connectivity index (χ2n) is 3.80. The Balaban J connectivity index is 2.17. The second kappa shape index (κ2) is 4.75. The van der Waals surface area contributed by atoms with Crippen LogP contribution in [0.15, 0.2) is 18.3 Å². The maximum Gasteiger partial charge on any atom is 0.451 e. The molecule has 19 heavy (non-hydrogen) atoms. The largest absolute Gasteiger partial charge is 0.451 e. The maximum atomic E-state index is 12.5. The molecular formula is C10H11F3N6. The zero-order valence-electron chi connectivity index (χ0n) is 9.94. The Labute approximate surface area is 106 Å². The van der Waals surface area contributed by atoms with Gasteiger partial charge in [0, 0.05) is 19.3 Å². The van der Waals surface area contributed by atoms with Gasteiger partial charge in [-0.15, -0.1) is 0 Å². The van der Waals surface area contributed by atoms with Crippen molar-refractivity contribution < 1.29 is 13.2 Å². The molecule has 0 atom stereocenters. The van der Waals surface area contributed by atoms with Crippen LogP contribution in [0.2, 0.25) is 0 Å². The molecule has 2 aromatic rings. The fourth-order valence-corrected chi connectivity index (χ4v) is 1.44. The van der Waals surface area contributed by atoms with Crippen molar-refractivity contribution in [3.05, 3.63) is 29.8 Å². The van der Waals surface area contributed by atoms with E-state index in [-0.39, 0.29) is 18.2 Å². The van der Waals surface area contributed by atoms with E-state index in [1.165, 1.54) is 6.07 Å². The predicted molar refractivity (Wildman–Crippen MR) is 62.0 cm³/mol. The van der Waals surface area contributed by atoms with E-state index in [0.717, 1.165) is 5.69 Å². The van der Waals surface area contributed by atoms with Crippen molar-refractivity contribution in [3.63, 3.8) is 0 Å². The smallest absolute Gasteiger partial charge is 0.384 e. The molecule has 2 aromatic heterocycles. The molecule has 102 valence electrons. The summed E-state index contributed by atoms with van der Waals surface area (Å²) in [6.45, 7) is 0.282. The lowest BCUT2D eigenvalue weighted by Crippen LogP contribution is -2.15. The zero-order chi connectivity index (χ0) is 14.0. The van der Waals surface area contributed by atoms with E-state index in [4.69, 9.17) is 5.73 Å². The van der Waals surface area contributed by atoms with Gasteiger partial charge in [-0.1, -0.05) is 0 Å². The highest BCUT2D eigenvalue weighted by atomic mass is 19.4. The number of hydrogen-bond acceptors (Lipinski definition) is 5. The number of nitrogens with two attached hydrogens (primary N) is 1. The predicted octanol–water partition coefficient (Wildman–Crippen LogP) is 1.42. The van der Waals surface area contributed by atoms with Crippen molar-refractivity contribution in [2.45, 2.75) is 12.7 Å². The molecule has 0 aliphatic carbocycles. The van der Waals surface area contributed by atoms with E-state index in [9.17, 15) is 13.2 Å². The molecule has 2 rings (SSSR count). The summed E-state index contributed by atoms with van der Waals surface area (Å²) in [6.07, 6.45) is -3.04. The van der Waals surface area contributed by atoms with Gasteiger partial charge in [0.2, 0.25) is 5.82 Å². The van der Waals surface area contributed by atoms with E-state index in [0.29, 0.717) is 0 Å². The van der Waals surface area contributed by atoms with Crippen LogP contribution in [-0.2, 0) is 19.8 Å². The first-order chi connectivity index (χ1) is 8.86. The van der Waals surface area contributed by atoms with E-state index >= 15 is 0 Å². The number of hydrogen-bond donors (Lipinski definition) is 2. The van der Waals surface area contributed by atoms with Gasteiger partial charge in [-0.05, 0) is 6.07 Å². The Bertz CT molecular complexity index is 577. The van der Waals surface area contributed by atoms with Crippen LogP contribution in [0, 0.1) is 0 Å². The number of nitrogens with zero attached hydrogens (tertiary/aromatic N) is 4. The minimum Gasteiger partial charge on any atom is -0.384 e. The van der Waals surface area contributed by atoms with Gasteiger partial charge in [-0.2, -0.15) is 18.3 Å². The quantitative estimate of drug-likeness (QED) is 0.883. The molecule has 0 aliphatic rings. The molecule has 0 bridgehead atoms. The van der Waals surface area contributed by atoms with Gasteiger partial charge in [-0.3, -0.25) is 4.68 Å². The molecular weight excluding hydrogens is 261 g/mol. The Kier molecular flexibility index (Phi) is 3.28. The lowest BCUT2D eigenvalue weighted by molar-refractivity contribution is -0.144. The SMILES string of the molecule is Cn1nccc1CNc1cc(N)nc(C(F)(F)F)n1. The molecule has 0 unspecified atom stereocenters. The molecule has 0 spiro atoms. The van der Waals surface area contributed by atoms with E-state index in [1.807, 2.05) is 0 Å². The van der Waals surface area contributed by atoms with Crippen LogP contribution in [0.25, 0.3) is 0 Å². The number of aryl methyl sites for hydroxylation is 1. The van der Waals surface area contributed by atoms with E-state index in [1.54, 1.807) is 24.0 Å². The first kappa shape index (κ1) is 13.1. The maximum absolute atomic E-state index is 12.5. The van der Waals surface area contributed by atoms with Crippen LogP contribution in [0.3, 0.4) is 0 Å². The normalized spacial score (nSPS) is 11.6. The fourth-order valence-electron chi connectivity index (χ4n) is 1.44. The van der Waals surface area contributed by atoms with Crippen LogP contribution in [-0.4, -0.2) is 19.7 Å². The summed E-state index contributed by atoms with van der Waals surface area (Å²) in [7, 11) is 1.73. The van der Waals surface area contributed by atoms with Gasteiger partial charge < -0.3 is 11.1 Å². The third kappa shape index (κ3) is 3.12. The molecule has 0 fully saturated rings. The third-order valence-electron chi connectivity index (χ3n) is 2.37. The second-order valence-corrected chi connectivity index (χ2v) is 3.80. The van der Waals surface area contributed by atoms with E-state index < -0.39 is 12.0 Å². The fraction of sp³-hybridized carbons (Fsp3) is 0.300. The van der Waals surface area contributed by atoms with Crippen LogP contribution in [0.4, 0.5) is 24.8 Å². The zero-order valence-corrected chi connectivity index (χ0v) is 9.94. The number of anilines is 2. The van der Waals surface area contributed by atoms with Gasteiger partial charge in [0.1, 0.15) is 11.6 Å². The molecule has 2 heterocycles. The molecule has 6 nitrogen and oxygen atoms in total. The number of aromatic nitrogens is 4. The van der Waals surface area contributed by atoms with Gasteiger partial charge in [0.15, 0.2) is 0 Å². The van der Waals surface area contributed by atoms with E-state index in [2.05, 4.69) is 20.4 Å². The minimum absolute atomic E-state index is 0.0148. The van der Waals surface area contributed by atoms with Crippen LogP contribution < -0.4 is 11.1 Å². The Hall–Kier alpha value is -2.32. The van der Waals surface area contributed by atoms with Crippen LogP contribution >= 0.6 is 0 Å². The molecule has 0 amide bonds. The highest BCUT2D eigenvalue weighted by Crippen LogP contribution is 2.27. The summed E-state index contributed by atoms with van der Waals surface area (Å²) in [5, 5.41) is 6.69. The van der Waals surface area contributed by atoms with Crippen molar-refractivity contribution in [3.8, 4) is 0 Å². The van der Waals surface area contributed by atoms with Crippen molar-refractivity contribution in [2.75, 3.05) is 11.1 Å². The van der Waals surface area contributed by atoms with Crippen molar-refractivity contribution in [1.29, 1.82) is 0 Å². The number of nitrogen functional groups attached to an aromatic ring is 1. The third-order valence-corrected chi connectivity index (χ3v) is 2.37. The molecule has 3 N–H and O–H groups in total. The van der Waals surface area contributed by atoms with Crippen molar-refractivity contribution >= 4 is 11.6 Å². The molecule has 0 saturated carbocycles. The highest BCUT2D eigenvalue weighted by molar-refractivity contribution is 5.45. The minimum atomic E-state index is -4.63. The number of nitrogens with one attached hydrogen (secondary N) is 1. The Morgan fingerprint density at radius 3 is 2.68 bits per heavy atom. The summed E-state index contributed by atoms with van der Waals surface area (Å²) < 4.78 is 39.1. The average molecular weight is 272 g/mol. The molecule has 0 aliphatic heterocycles. The molecule has 9 heteroatoms. The molecule has 0 radical (unpaired) electrons. The summed E-state index contributed by atoms with van der Waals surface area (Å²) in [5.41, 5.74) is 6.12. The van der Waals surface area contributed by atoms with Gasteiger partial charge in [0.05, 0.1) is 12.2 Å².